The lowest BCUT2D eigenvalue weighted by atomic mass is 10.1. The summed E-state index contributed by atoms with van der Waals surface area (Å²) in [5.74, 6) is -1.05. The normalized spacial score (nSPS) is 11.3. The lowest BCUT2D eigenvalue weighted by molar-refractivity contribution is 0.00705. The molecule has 0 atom stereocenters. The van der Waals surface area contributed by atoms with Gasteiger partial charge >= 0.3 is 18.0 Å². The summed E-state index contributed by atoms with van der Waals surface area (Å²) in [7, 11) is 0. The minimum atomic E-state index is -0.707. The van der Waals surface area contributed by atoms with Crippen molar-refractivity contribution in [2.24, 2.45) is 0 Å². The van der Waals surface area contributed by atoms with Gasteiger partial charge in [-0.2, -0.15) is 0 Å². The zero-order valence-electron chi connectivity index (χ0n) is 23.3. The minimum absolute atomic E-state index is 0.205. The number of ether oxygens (including phenoxy) is 2. The van der Waals surface area contributed by atoms with Crippen LogP contribution in [0.5, 0.6) is 0 Å². The van der Waals surface area contributed by atoms with E-state index in [1.165, 1.54) is 38.5 Å². The number of hydrogen-bond acceptors (Lipinski definition) is 6. The molecule has 0 spiro atoms. The Hall–Kier alpha value is -2.09. The van der Waals surface area contributed by atoms with Crippen LogP contribution in [0.3, 0.4) is 0 Å². The predicted molar refractivity (Wildman–Crippen MR) is 148 cm³/mol. The Morgan fingerprint density at radius 1 is 0.806 bits per heavy atom. The lowest BCUT2D eigenvalue weighted by Crippen LogP contribution is -2.30. The number of esters is 2. The number of nitrogens with one attached hydrogen (secondary N) is 2. The molecule has 0 bridgehead atoms. The van der Waals surface area contributed by atoms with E-state index in [2.05, 4.69) is 24.5 Å². The van der Waals surface area contributed by atoms with Crippen molar-refractivity contribution in [3.05, 3.63) is 16.0 Å². The number of carbonyl (C=O) groups is 3. The van der Waals surface area contributed by atoms with Gasteiger partial charge in [-0.15, -0.1) is 11.3 Å². The van der Waals surface area contributed by atoms with E-state index in [0.29, 0.717) is 28.6 Å². The third kappa shape index (κ3) is 12.7. The van der Waals surface area contributed by atoms with Gasteiger partial charge in [-0.05, 0) is 46.1 Å². The van der Waals surface area contributed by atoms with Gasteiger partial charge in [0.15, 0.2) is 0 Å². The molecule has 7 nitrogen and oxygen atoms in total. The summed E-state index contributed by atoms with van der Waals surface area (Å²) in [5.41, 5.74) is -0.0362. The maximum atomic E-state index is 13.0. The number of anilines is 1. The highest BCUT2D eigenvalue weighted by molar-refractivity contribution is 7.18. The highest BCUT2D eigenvalue weighted by Gasteiger charge is 2.29. The van der Waals surface area contributed by atoms with E-state index in [-0.39, 0.29) is 5.56 Å². The number of rotatable bonds is 17. The van der Waals surface area contributed by atoms with Gasteiger partial charge < -0.3 is 14.8 Å². The molecular formula is C28H48N2O5S. The van der Waals surface area contributed by atoms with Gasteiger partial charge in [0.05, 0.1) is 12.2 Å². The molecule has 0 aliphatic carbocycles. The van der Waals surface area contributed by atoms with E-state index in [0.717, 1.165) is 49.9 Å². The highest BCUT2D eigenvalue weighted by atomic mass is 32.1. The van der Waals surface area contributed by atoms with Crippen LogP contribution in [-0.2, 0) is 9.47 Å². The molecule has 1 aromatic heterocycles. The Kier molecular flexibility index (Phi) is 15.4. The van der Waals surface area contributed by atoms with E-state index in [9.17, 15) is 14.4 Å². The molecule has 0 saturated heterocycles. The smallest absolute Gasteiger partial charge is 0.348 e. The molecule has 0 saturated carbocycles. The van der Waals surface area contributed by atoms with Crippen molar-refractivity contribution >= 4 is 34.3 Å². The molecule has 0 fully saturated rings. The van der Waals surface area contributed by atoms with Crippen molar-refractivity contribution in [1.29, 1.82) is 0 Å². The van der Waals surface area contributed by atoms with Gasteiger partial charge in [0.1, 0.15) is 15.5 Å². The maximum Gasteiger partial charge on any atom is 0.348 e. The van der Waals surface area contributed by atoms with Crippen LogP contribution >= 0.6 is 11.3 Å². The van der Waals surface area contributed by atoms with Gasteiger partial charge in [0, 0.05) is 6.54 Å². The summed E-state index contributed by atoms with van der Waals surface area (Å²) < 4.78 is 11.0. The van der Waals surface area contributed by atoms with Crippen LogP contribution < -0.4 is 10.6 Å². The molecule has 0 unspecified atom stereocenters. The molecule has 0 aromatic carbocycles. The summed E-state index contributed by atoms with van der Waals surface area (Å²) >= 11 is 1.06. The fourth-order valence-corrected chi connectivity index (χ4v) is 4.82. The van der Waals surface area contributed by atoms with E-state index in [1.807, 2.05) is 0 Å². The Morgan fingerprint density at radius 2 is 1.36 bits per heavy atom. The molecule has 8 heteroatoms. The SMILES string of the molecule is CCCCCCCCNC(=O)Nc1sc(C(=O)OCCCCCCCC)c(C)c1C(=O)OC(C)(C)C. The molecule has 206 valence electrons. The first-order valence-electron chi connectivity index (χ1n) is 13.7. The molecule has 1 heterocycles. The fraction of sp³-hybridized carbons (Fsp3) is 0.750. The van der Waals surface area contributed by atoms with Gasteiger partial charge in [-0.3, -0.25) is 5.32 Å². The molecule has 0 aliphatic rings. The van der Waals surface area contributed by atoms with Crippen LogP contribution in [0, 0.1) is 6.92 Å². The molecule has 1 rings (SSSR count). The average molecular weight is 525 g/mol. The first kappa shape index (κ1) is 31.9. The molecule has 2 N–H and O–H groups in total. The molecule has 2 amide bonds. The van der Waals surface area contributed by atoms with Crippen LogP contribution in [0.1, 0.15) is 137 Å². The van der Waals surface area contributed by atoms with Gasteiger partial charge in [-0.1, -0.05) is 78.1 Å². The van der Waals surface area contributed by atoms with Crippen molar-refractivity contribution in [1.82, 2.24) is 5.32 Å². The van der Waals surface area contributed by atoms with Gasteiger partial charge in [0.25, 0.3) is 0 Å². The summed E-state index contributed by atoms with van der Waals surface area (Å²) in [6.07, 6.45) is 13.4. The summed E-state index contributed by atoms with van der Waals surface area (Å²) in [4.78, 5) is 38.6. The first-order chi connectivity index (χ1) is 17.1. The van der Waals surface area contributed by atoms with Crippen LogP contribution in [0.25, 0.3) is 0 Å². The van der Waals surface area contributed by atoms with Crippen LogP contribution in [0.2, 0.25) is 0 Å². The van der Waals surface area contributed by atoms with E-state index >= 15 is 0 Å². The second-order valence-corrected chi connectivity index (χ2v) is 11.3. The number of amides is 2. The third-order valence-electron chi connectivity index (χ3n) is 5.71. The van der Waals surface area contributed by atoms with E-state index in [4.69, 9.17) is 9.47 Å². The van der Waals surface area contributed by atoms with E-state index in [1.54, 1.807) is 27.7 Å². The quantitative estimate of drug-likeness (QED) is 0.159. The average Bonchev–Trinajstić information content (AvgIpc) is 3.12. The first-order valence-corrected chi connectivity index (χ1v) is 14.5. The Labute approximate surface area is 222 Å². The largest absolute Gasteiger partial charge is 0.462 e. The number of carbonyl (C=O) groups excluding carboxylic acids is 3. The molecule has 36 heavy (non-hydrogen) atoms. The molecule has 1 aromatic rings. The number of hydrogen-bond donors (Lipinski definition) is 2. The monoisotopic (exact) mass is 524 g/mol. The van der Waals surface area contributed by atoms with Crippen molar-refractivity contribution in [2.45, 2.75) is 124 Å². The zero-order valence-corrected chi connectivity index (χ0v) is 24.2. The fourth-order valence-electron chi connectivity index (χ4n) is 3.74. The van der Waals surface area contributed by atoms with Crippen LogP contribution in [0.4, 0.5) is 9.80 Å². The topological polar surface area (TPSA) is 93.7 Å². The maximum absolute atomic E-state index is 13.0. The highest BCUT2D eigenvalue weighted by Crippen LogP contribution is 2.35. The van der Waals surface area contributed by atoms with Crippen LogP contribution in [0.15, 0.2) is 0 Å². The number of urea groups is 1. The predicted octanol–water partition coefficient (Wildman–Crippen LogP) is 8.01. The summed E-state index contributed by atoms with van der Waals surface area (Å²) in [5, 5.41) is 5.91. The lowest BCUT2D eigenvalue weighted by Gasteiger charge is -2.20. The molecule has 0 radical (unpaired) electrons. The van der Waals surface area contributed by atoms with E-state index < -0.39 is 23.6 Å². The van der Waals surface area contributed by atoms with Crippen LogP contribution in [-0.4, -0.2) is 36.7 Å². The van der Waals surface area contributed by atoms with Crippen molar-refractivity contribution in [3.63, 3.8) is 0 Å². The summed E-state index contributed by atoms with van der Waals surface area (Å²) in [6, 6.07) is -0.401. The Bertz CT molecular complexity index is 814. The Balaban J connectivity index is 2.79. The number of thiophene rings is 1. The van der Waals surface area contributed by atoms with Crippen molar-refractivity contribution < 1.29 is 23.9 Å². The molecular weight excluding hydrogens is 476 g/mol. The number of unbranched alkanes of at least 4 members (excludes halogenated alkanes) is 10. The minimum Gasteiger partial charge on any atom is -0.462 e. The Morgan fingerprint density at radius 3 is 1.94 bits per heavy atom. The molecule has 0 aliphatic heterocycles. The zero-order chi connectivity index (χ0) is 27.0. The third-order valence-corrected chi connectivity index (χ3v) is 6.90. The van der Waals surface area contributed by atoms with Gasteiger partial charge in [0.2, 0.25) is 0 Å². The van der Waals surface area contributed by atoms with Crippen molar-refractivity contribution in [2.75, 3.05) is 18.5 Å². The van der Waals surface area contributed by atoms with Crippen molar-refractivity contribution in [3.8, 4) is 0 Å². The second kappa shape index (κ2) is 17.4. The second-order valence-electron chi connectivity index (χ2n) is 10.3. The van der Waals surface area contributed by atoms with Gasteiger partial charge in [-0.25, -0.2) is 14.4 Å². The standard InChI is InChI=1S/C28H48N2O5S/c1-7-9-11-13-15-17-19-29-27(33)30-24-22(25(31)35-28(4,5)6)21(3)23(36-24)26(32)34-20-18-16-14-12-10-8-2/h7-20H2,1-6H3,(H2,29,30,33). The summed E-state index contributed by atoms with van der Waals surface area (Å²) in [6.45, 7) is 12.3.